The van der Waals surface area contributed by atoms with E-state index in [1.54, 1.807) is 0 Å². The average molecular weight is 803 g/mol. The van der Waals surface area contributed by atoms with Gasteiger partial charge in [-0.1, -0.05) is 170 Å². The van der Waals surface area contributed by atoms with Gasteiger partial charge < -0.3 is 13.7 Å². The lowest BCUT2D eigenvalue weighted by molar-refractivity contribution is 0.670. The van der Waals surface area contributed by atoms with E-state index < -0.39 is 0 Å². The minimum Gasteiger partial charge on any atom is -0.455 e. The van der Waals surface area contributed by atoms with Crippen molar-refractivity contribution in [2.45, 2.75) is 0 Å². The zero-order chi connectivity index (χ0) is 41.4. The third-order valence-electron chi connectivity index (χ3n) is 13.0. The number of furan rings is 1. The molecule has 0 radical (unpaired) electrons. The van der Waals surface area contributed by atoms with Crippen molar-refractivity contribution in [2.75, 3.05) is 4.90 Å². The molecule has 0 N–H and O–H groups in total. The largest absolute Gasteiger partial charge is 0.455 e. The molecule has 0 atom stereocenters. The van der Waals surface area contributed by atoms with Gasteiger partial charge in [0, 0.05) is 54.9 Å². The van der Waals surface area contributed by atoms with Gasteiger partial charge in [-0.05, 0) is 99.6 Å². The van der Waals surface area contributed by atoms with Crippen molar-refractivity contribution in [1.29, 1.82) is 0 Å². The molecule has 0 amide bonds. The molecule has 63 heavy (non-hydrogen) atoms. The van der Waals surface area contributed by atoms with Crippen LogP contribution in [-0.2, 0) is 0 Å². The van der Waals surface area contributed by atoms with Crippen LogP contribution in [-0.4, -0.2) is 4.40 Å². The molecule has 0 bridgehead atoms. The molecule has 3 nitrogen and oxygen atoms in total. The highest BCUT2D eigenvalue weighted by Crippen LogP contribution is 2.43. The normalized spacial score (nSPS) is 11.8. The molecule has 0 spiro atoms. The topological polar surface area (TPSA) is 20.8 Å². The van der Waals surface area contributed by atoms with Gasteiger partial charge in [-0.25, -0.2) is 0 Å². The van der Waals surface area contributed by atoms with Crippen LogP contribution >= 0.6 is 0 Å². The quantitative estimate of drug-likeness (QED) is 0.160. The van der Waals surface area contributed by atoms with Crippen LogP contribution in [0.2, 0.25) is 0 Å². The fourth-order valence-electron chi connectivity index (χ4n) is 9.92. The van der Waals surface area contributed by atoms with Crippen LogP contribution in [0.1, 0.15) is 0 Å². The molecule has 0 saturated carbocycles. The average Bonchev–Trinajstić information content (AvgIpc) is 4.02. The van der Waals surface area contributed by atoms with Crippen LogP contribution in [0.5, 0.6) is 0 Å². The van der Waals surface area contributed by atoms with Gasteiger partial charge in [0.2, 0.25) is 0 Å². The van der Waals surface area contributed by atoms with Crippen molar-refractivity contribution in [3.8, 4) is 44.5 Å². The van der Waals surface area contributed by atoms with Crippen LogP contribution < -0.4 is 4.90 Å². The predicted molar refractivity (Wildman–Crippen MR) is 265 cm³/mol. The van der Waals surface area contributed by atoms with Gasteiger partial charge in [0.15, 0.2) is 0 Å². The van der Waals surface area contributed by atoms with E-state index >= 15 is 0 Å². The van der Waals surface area contributed by atoms with Crippen LogP contribution in [0.15, 0.2) is 235 Å². The predicted octanol–water partition coefficient (Wildman–Crippen LogP) is 16.9. The number of anilines is 3. The van der Waals surface area contributed by atoms with Gasteiger partial charge in [-0.15, -0.1) is 0 Å². The van der Waals surface area contributed by atoms with E-state index in [-0.39, 0.29) is 0 Å². The number of para-hydroxylation sites is 4. The van der Waals surface area contributed by atoms with Gasteiger partial charge in [0.1, 0.15) is 11.2 Å². The lowest BCUT2D eigenvalue weighted by Gasteiger charge is -2.26. The van der Waals surface area contributed by atoms with E-state index in [0.29, 0.717) is 0 Å². The number of benzene rings is 10. The molecule has 3 heterocycles. The fourth-order valence-corrected chi connectivity index (χ4v) is 9.92. The molecule has 0 fully saturated rings. The van der Waals surface area contributed by atoms with Crippen molar-refractivity contribution in [1.82, 2.24) is 4.40 Å². The van der Waals surface area contributed by atoms with Gasteiger partial charge in [0.05, 0.1) is 16.6 Å². The number of nitrogens with zero attached hydrogens (tertiary/aromatic N) is 2. The maximum atomic E-state index is 6.44. The van der Waals surface area contributed by atoms with Gasteiger partial charge in [-0.2, -0.15) is 0 Å². The highest BCUT2D eigenvalue weighted by atomic mass is 16.3. The summed E-state index contributed by atoms with van der Waals surface area (Å²) in [5.74, 6) is 0. The number of rotatable bonds is 7. The summed E-state index contributed by atoms with van der Waals surface area (Å²) in [6.45, 7) is 0. The Balaban J connectivity index is 0.878. The van der Waals surface area contributed by atoms with E-state index in [1.807, 2.05) is 12.1 Å². The first-order chi connectivity index (χ1) is 31.2. The summed E-state index contributed by atoms with van der Waals surface area (Å²) in [4.78, 5) is 2.35. The van der Waals surface area contributed by atoms with Crippen LogP contribution in [0.25, 0.3) is 105 Å². The Morgan fingerprint density at radius 2 is 0.762 bits per heavy atom. The lowest BCUT2D eigenvalue weighted by atomic mass is 9.99. The monoisotopic (exact) mass is 802 g/mol. The highest BCUT2D eigenvalue weighted by molar-refractivity contribution is 6.23. The van der Waals surface area contributed by atoms with E-state index in [4.69, 9.17) is 4.42 Å². The summed E-state index contributed by atoms with van der Waals surface area (Å²) in [6, 6.07) is 83.3. The first-order valence-corrected chi connectivity index (χ1v) is 21.6. The zero-order valence-electron chi connectivity index (χ0n) is 34.2. The van der Waals surface area contributed by atoms with Crippen molar-refractivity contribution in [2.24, 2.45) is 0 Å². The first kappa shape index (κ1) is 35.4. The maximum Gasteiger partial charge on any atom is 0.143 e. The SMILES string of the molecule is c1ccc(-c2ccc(-c3ccc(N(c4ccc(-c5ccc6c(c5)c5cccc7c8ccccc8n6c75)cc4)c4ccc(-c5cccc6c5oc5ccccc56)cc4)cc3)cc2)cc1. The van der Waals surface area contributed by atoms with Crippen LogP contribution in [0.4, 0.5) is 17.1 Å². The number of hydrogen-bond acceptors (Lipinski definition) is 2. The van der Waals surface area contributed by atoms with Gasteiger partial charge in [-0.3, -0.25) is 0 Å². The summed E-state index contributed by atoms with van der Waals surface area (Å²) in [5, 5.41) is 7.44. The standard InChI is InChI=1S/C60H38N2O/c1-2-10-39(11-3-1)40-20-22-41(23-21-40)42-24-31-46(32-25-42)61(48-35-28-44(29-36-48)49-14-8-17-54-51-13-5-7-19-58(51)63-60(49)54)47-33-26-43(27-34-47)45-30-37-57-55(38-45)53-16-9-15-52-50-12-4-6-18-56(50)62(57)59(52)53/h1-38H. The van der Waals surface area contributed by atoms with E-state index in [0.717, 1.165) is 50.1 Å². The first-order valence-electron chi connectivity index (χ1n) is 21.6. The zero-order valence-corrected chi connectivity index (χ0v) is 34.2. The van der Waals surface area contributed by atoms with Crippen molar-refractivity contribution in [3.05, 3.63) is 231 Å². The molecule has 3 aromatic heterocycles. The molecule has 0 aliphatic carbocycles. The second-order valence-corrected chi connectivity index (χ2v) is 16.5. The van der Waals surface area contributed by atoms with Gasteiger partial charge >= 0.3 is 0 Å². The molecule has 13 aromatic rings. The molecule has 0 saturated heterocycles. The Morgan fingerprint density at radius 1 is 0.302 bits per heavy atom. The lowest BCUT2D eigenvalue weighted by Crippen LogP contribution is -2.09. The molecule has 13 rings (SSSR count). The number of hydrogen-bond donors (Lipinski definition) is 0. The maximum absolute atomic E-state index is 6.44. The summed E-state index contributed by atoms with van der Waals surface area (Å²) < 4.78 is 8.87. The minimum atomic E-state index is 0.905. The Labute approximate surface area is 364 Å². The number of fused-ring (bicyclic) bond motifs is 9. The fraction of sp³-hybridized carbons (Fsp3) is 0. The van der Waals surface area contributed by atoms with E-state index in [9.17, 15) is 0 Å². The third kappa shape index (κ3) is 5.67. The molecule has 0 aliphatic rings. The summed E-state index contributed by atoms with van der Waals surface area (Å²) in [5.41, 5.74) is 18.2. The van der Waals surface area contributed by atoms with Crippen LogP contribution in [0, 0.1) is 0 Å². The molecular weight excluding hydrogens is 765 g/mol. The smallest absolute Gasteiger partial charge is 0.143 e. The van der Waals surface area contributed by atoms with E-state index in [1.165, 1.54) is 71.5 Å². The second-order valence-electron chi connectivity index (χ2n) is 16.5. The minimum absolute atomic E-state index is 0.905. The number of aromatic nitrogens is 1. The second kappa shape index (κ2) is 14.1. The summed E-state index contributed by atoms with van der Waals surface area (Å²) in [6.07, 6.45) is 0. The molecular formula is C60H38N2O. The van der Waals surface area contributed by atoms with E-state index in [2.05, 4.69) is 228 Å². The third-order valence-corrected chi connectivity index (χ3v) is 13.0. The van der Waals surface area contributed by atoms with Crippen molar-refractivity contribution < 1.29 is 4.42 Å². The van der Waals surface area contributed by atoms with Gasteiger partial charge in [0.25, 0.3) is 0 Å². The summed E-state index contributed by atoms with van der Waals surface area (Å²) >= 11 is 0. The Hall–Kier alpha value is -8.40. The molecule has 0 aliphatic heterocycles. The van der Waals surface area contributed by atoms with Crippen LogP contribution in [0.3, 0.4) is 0 Å². The molecule has 0 unspecified atom stereocenters. The highest BCUT2D eigenvalue weighted by Gasteiger charge is 2.19. The summed E-state index contributed by atoms with van der Waals surface area (Å²) in [7, 11) is 0. The molecule has 3 heteroatoms. The Kier molecular flexibility index (Phi) is 7.91. The van der Waals surface area contributed by atoms with Crippen molar-refractivity contribution >= 4 is 77.1 Å². The Bertz CT molecular complexity index is 3800. The van der Waals surface area contributed by atoms with Crippen molar-refractivity contribution in [3.63, 3.8) is 0 Å². The Morgan fingerprint density at radius 3 is 1.44 bits per heavy atom. The molecule has 10 aromatic carbocycles. The molecule has 294 valence electrons.